The summed E-state index contributed by atoms with van der Waals surface area (Å²) in [5.41, 5.74) is 0. The van der Waals surface area contributed by atoms with Gasteiger partial charge in [0.15, 0.2) is 0 Å². The van der Waals surface area contributed by atoms with Gasteiger partial charge in [0.1, 0.15) is 4.95 Å². The molecule has 0 aromatic heterocycles. The summed E-state index contributed by atoms with van der Waals surface area (Å²) >= 11 is 4.47. The van der Waals surface area contributed by atoms with Gasteiger partial charge in [-0.05, 0) is 0 Å². The predicted octanol–water partition coefficient (Wildman–Crippen LogP) is -0.449. The van der Waals surface area contributed by atoms with E-state index in [9.17, 15) is 0 Å². The summed E-state index contributed by atoms with van der Waals surface area (Å²) in [6, 6.07) is 0. The standard InChI is InChI=1S/C2H5BOS/c1-4-2(3)5/h3H2,1H3. The summed E-state index contributed by atoms with van der Waals surface area (Å²) in [4.78, 5) is 0.588. The maximum atomic E-state index is 4.48. The van der Waals surface area contributed by atoms with Gasteiger partial charge in [0.25, 0.3) is 0 Å². The summed E-state index contributed by atoms with van der Waals surface area (Å²) in [5, 5.41) is 0. The van der Waals surface area contributed by atoms with Crippen molar-refractivity contribution in [3.8, 4) is 0 Å². The highest BCUT2D eigenvalue weighted by Gasteiger charge is 1.70. The zero-order chi connectivity index (χ0) is 4.28. The van der Waals surface area contributed by atoms with Gasteiger partial charge in [-0.25, -0.2) is 0 Å². The zero-order valence-corrected chi connectivity index (χ0v) is 4.13. The highest BCUT2D eigenvalue weighted by molar-refractivity contribution is 7.82. The Bertz CT molecular complexity index is 44.9. The van der Waals surface area contributed by atoms with E-state index in [2.05, 4.69) is 17.0 Å². The second-order valence-corrected chi connectivity index (χ2v) is 1.27. The van der Waals surface area contributed by atoms with E-state index in [1.807, 2.05) is 0 Å². The van der Waals surface area contributed by atoms with Crippen molar-refractivity contribution in [2.24, 2.45) is 0 Å². The number of hydrogen-bond acceptors (Lipinski definition) is 2. The Morgan fingerprint density at radius 2 is 2.20 bits per heavy atom. The quantitative estimate of drug-likeness (QED) is 0.293. The largest absolute Gasteiger partial charge is 0.501 e. The maximum absolute atomic E-state index is 4.48. The molecule has 0 aromatic carbocycles. The Balaban J connectivity index is 2.85. The molecule has 28 valence electrons. The number of thiocarbonyl (C=S) groups is 1. The average Bonchev–Trinajstić information content (AvgIpc) is 1.38. The van der Waals surface area contributed by atoms with E-state index >= 15 is 0 Å². The van der Waals surface area contributed by atoms with Crippen LogP contribution in [0, 0.1) is 0 Å². The molecule has 0 saturated heterocycles. The fourth-order valence-corrected chi connectivity index (χ4v) is 0. The molecule has 0 atom stereocenters. The zero-order valence-electron chi connectivity index (χ0n) is 3.32. The van der Waals surface area contributed by atoms with Gasteiger partial charge >= 0.3 is 0 Å². The maximum Gasteiger partial charge on any atom is 0.200 e. The van der Waals surface area contributed by atoms with Crippen LogP contribution in [0.1, 0.15) is 0 Å². The van der Waals surface area contributed by atoms with Crippen molar-refractivity contribution in [1.29, 1.82) is 0 Å². The van der Waals surface area contributed by atoms with E-state index in [4.69, 9.17) is 0 Å². The first-order valence-electron chi connectivity index (χ1n) is 1.32. The van der Waals surface area contributed by atoms with E-state index < -0.39 is 0 Å². The monoisotopic (exact) mass is 88.0 g/mol. The molecule has 0 saturated carbocycles. The van der Waals surface area contributed by atoms with Gasteiger partial charge in [-0.3, -0.25) is 0 Å². The van der Waals surface area contributed by atoms with Crippen molar-refractivity contribution >= 4 is 25.0 Å². The first kappa shape index (κ1) is 4.95. The molecule has 0 aromatic rings. The van der Waals surface area contributed by atoms with Crippen molar-refractivity contribution in [3.63, 3.8) is 0 Å². The van der Waals surface area contributed by atoms with Crippen LogP contribution in [0.25, 0.3) is 0 Å². The van der Waals surface area contributed by atoms with Gasteiger partial charge < -0.3 is 4.74 Å². The fraction of sp³-hybridized carbons (Fsp3) is 0.500. The first-order valence-corrected chi connectivity index (χ1v) is 1.72. The Morgan fingerprint density at radius 3 is 2.20 bits per heavy atom. The molecule has 0 spiro atoms. The Labute approximate surface area is 37.7 Å². The second-order valence-electron chi connectivity index (χ2n) is 0.696. The molecular weight excluding hydrogens is 82.9 g/mol. The molecule has 0 fully saturated rings. The van der Waals surface area contributed by atoms with Crippen LogP contribution in [-0.4, -0.2) is 19.9 Å². The van der Waals surface area contributed by atoms with Crippen molar-refractivity contribution in [2.45, 2.75) is 0 Å². The molecule has 0 aliphatic heterocycles. The first-order chi connectivity index (χ1) is 2.27. The smallest absolute Gasteiger partial charge is 0.200 e. The molecule has 0 rings (SSSR count). The molecule has 0 unspecified atom stereocenters. The van der Waals surface area contributed by atoms with E-state index in [1.165, 1.54) is 0 Å². The number of hydrogen-bond donors (Lipinski definition) is 0. The molecule has 0 aliphatic rings. The Kier molecular flexibility index (Phi) is 2.19. The van der Waals surface area contributed by atoms with E-state index in [0.717, 1.165) is 0 Å². The van der Waals surface area contributed by atoms with Crippen molar-refractivity contribution in [1.82, 2.24) is 0 Å². The molecule has 0 heterocycles. The van der Waals surface area contributed by atoms with Crippen LogP contribution in [0.4, 0.5) is 0 Å². The third-order valence-corrected chi connectivity index (χ3v) is 0.454. The Hall–Kier alpha value is -0.0451. The van der Waals surface area contributed by atoms with Crippen LogP contribution in [0.15, 0.2) is 0 Å². The molecule has 0 aliphatic carbocycles. The minimum Gasteiger partial charge on any atom is -0.501 e. The van der Waals surface area contributed by atoms with Crippen LogP contribution in [-0.2, 0) is 4.74 Å². The number of ether oxygens (including phenoxy) is 1. The van der Waals surface area contributed by atoms with Crippen molar-refractivity contribution in [3.05, 3.63) is 0 Å². The summed E-state index contributed by atoms with van der Waals surface area (Å²) in [6.07, 6.45) is 0. The minimum absolute atomic E-state index is 0.588. The van der Waals surface area contributed by atoms with E-state index in [1.54, 1.807) is 15.0 Å². The molecule has 1 nitrogen and oxygen atoms in total. The van der Waals surface area contributed by atoms with Crippen LogP contribution < -0.4 is 0 Å². The molecule has 0 N–H and O–H groups in total. The normalized spacial score (nSPS) is 6.60. The third-order valence-electron chi connectivity index (χ3n) is 0.287. The van der Waals surface area contributed by atoms with Crippen molar-refractivity contribution < 1.29 is 4.74 Å². The van der Waals surface area contributed by atoms with E-state index in [0.29, 0.717) is 4.95 Å². The van der Waals surface area contributed by atoms with Crippen LogP contribution in [0.5, 0.6) is 0 Å². The highest BCUT2D eigenvalue weighted by atomic mass is 32.1. The predicted molar refractivity (Wildman–Crippen MR) is 28.2 cm³/mol. The third kappa shape index (κ3) is 3.95. The van der Waals surface area contributed by atoms with Crippen molar-refractivity contribution in [2.75, 3.05) is 7.11 Å². The molecule has 0 radical (unpaired) electrons. The minimum atomic E-state index is 0.588. The van der Waals surface area contributed by atoms with Gasteiger partial charge in [0.2, 0.25) is 7.85 Å². The van der Waals surface area contributed by atoms with Crippen LogP contribution in [0.2, 0.25) is 0 Å². The lowest BCUT2D eigenvalue weighted by atomic mass is 10.2. The van der Waals surface area contributed by atoms with Gasteiger partial charge in [0.05, 0.1) is 7.11 Å². The summed E-state index contributed by atoms with van der Waals surface area (Å²) in [6.45, 7) is 0. The molecular formula is C2H5BOS. The lowest BCUT2D eigenvalue weighted by molar-refractivity contribution is 0.425. The fourth-order valence-electron chi connectivity index (χ4n) is 0. The topological polar surface area (TPSA) is 9.23 Å². The average molecular weight is 87.9 g/mol. The molecule has 0 amide bonds. The molecule has 0 bridgehead atoms. The SMILES string of the molecule is BC(=S)OC. The van der Waals surface area contributed by atoms with Gasteiger partial charge in [-0.2, -0.15) is 0 Å². The summed E-state index contributed by atoms with van der Waals surface area (Å²) in [7, 11) is 3.29. The molecule has 5 heavy (non-hydrogen) atoms. The summed E-state index contributed by atoms with van der Waals surface area (Å²) in [5.74, 6) is 0. The molecule has 3 heteroatoms. The number of methoxy groups -OCH3 is 1. The van der Waals surface area contributed by atoms with Crippen LogP contribution >= 0.6 is 12.2 Å². The Morgan fingerprint density at radius 1 is 2.00 bits per heavy atom. The lowest BCUT2D eigenvalue weighted by Gasteiger charge is -1.85. The summed E-state index contributed by atoms with van der Waals surface area (Å²) < 4.78 is 4.48. The van der Waals surface area contributed by atoms with Gasteiger partial charge in [0, 0.05) is 0 Å². The van der Waals surface area contributed by atoms with Crippen LogP contribution in [0.3, 0.4) is 0 Å². The van der Waals surface area contributed by atoms with Gasteiger partial charge in [-0.1, -0.05) is 12.2 Å². The van der Waals surface area contributed by atoms with Gasteiger partial charge in [-0.15, -0.1) is 0 Å². The highest BCUT2D eigenvalue weighted by Crippen LogP contribution is 1.62. The number of rotatable bonds is 0. The lowest BCUT2D eigenvalue weighted by Crippen LogP contribution is -1.92. The second kappa shape index (κ2) is 2.21. The van der Waals surface area contributed by atoms with E-state index in [-0.39, 0.29) is 0 Å².